The molecule has 158 valence electrons. The van der Waals surface area contributed by atoms with E-state index < -0.39 is 5.85 Å². The van der Waals surface area contributed by atoms with Crippen LogP contribution in [0.25, 0.3) is 6.08 Å². The monoisotopic (exact) mass is 439 g/mol. The van der Waals surface area contributed by atoms with Crippen molar-refractivity contribution in [2.45, 2.75) is 25.2 Å². The van der Waals surface area contributed by atoms with Crippen LogP contribution >= 0.6 is 11.8 Å². The molecule has 1 saturated heterocycles. The molecule has 32 heavy (non-hydrogen) atoms. The van der Waals surface area contributed by atoms with Crippen LogP contribution < -0.4 is 10.1 Å². The van der Waals surface area contributed by atoms with Crippen molar-refractivity contribution < 1.29 is 9.53 Å². The normalized spacial score (nSPS) is 24.7. The summed E-state index contributed by atoms with van der Waals surface area (Å²) in [5.74, 6) is -0.391. The number of benzene rings is 3. The Hall–Kier alpha value is -3.51. The van der Waals surface area contributed by atoms with E-state index in [1.54, 1.807) is 0 Å². The zero-order valence-electron chi connectivity index (χ0n) is 17.5. The molecule has 0 aliphatic carbocycles. The van der Waals surface area contributed by atoms with E-state index >= 15 is 0 Å². The second-order valence-corrected chi connectivity index (χ2v) is 9.21. The van der Waals surface area contributed by atoms with Crippen LogP contribution in [0.15, 0.2) is 88.9 Å². The fourth-order valence-corrected chi connectivity index (χ4v) is 5.39. The van der Waals surface area contributed by atoms with E-state index in [2.05, 4.69) is 54.7 Å². The quantitative estimate of drug-likeness (QED) is 0.557. The van der Waals surface area contributed by atoms with Crippen molar-refractivity contribution in [3.05, 3.63) is 106 Å². The smallest absolute Gasteiger partial charge is 0.314 e. The summed E-state index contributed by atoms with van der Waals surface area (Å²) in [5, 5.41) is 9.89. The number of nitrogens with zero attached hydrogens (tertiary/aromatic N) is 2. The van der Waals surface area contributed by atoms with E-state index in [0.717, 1.165) is 39.5 Å². The fourth-order valence-electron chi connectivity index (χ4n) is 4.48. The number of ether oxygens (including phenoxy) is 1. The van der Waals surface area contributed by atoms with E-state index in [-0.39, 0.29) is 11.3 Å². The van der Waals surface area contributed by atoms with Crippen LogP contribution in [0.3, 0.4) is 0 Å². The lowest BCUT2D eigenvalue weighted by atomic mass is 9.95. The van der Waals surface area contributed by atoms with Gasteiger partial charge in [0.1, 0.15) is 5.75 Å². The van der Waals surface area contributed by atoms with Gasteiger partial charge in [-0.05, 0) is 42.0 Å². The first-order chi connectivity index (χ1) is 15.6. The van der Waals surface area contributed by atoms with Gasteiger partial charge in [-0.1, -0.05) is 78.4 Å². The molecule has 0 saturated carbocycles. The molecule has 1 amide bonds. The first kappa shape index (κ1) is 19.2. The SMILES string of the molecule is Cc1ccc(/C=C2\SC(=O)N[C@]23Oc2ccccc2[C@@H]2CC(c4ccccc4)=NN23)cc1. The number of hydrazone groups is 1. The van der Waals surface area contributed by atoms with E-state index in [1.807, 2.05) is 47.5 Å². The number of thioether (sulfide) groups is 1. The van der Waals surface area contributed by atoms with Crippen molar-refractivity contribution in [3.63, 3.8) is 0 Å². The number of rotatable bonds is 2. The molecule has 2 atom stereocenters. The predicted octanol–water partition coefficient (Wildman–Crippen LogP) is 5.69. The first-order valence-electron chi connectivity index (χ1n) is 10.6. The van der Waals surface area contributed by atoms with E-state index in [1.165, 1.54) is 17.3 Å². The van der Waals surface area contributed by atoms with Crippen LogP contribution in [0.1, 0.15) is 34.7 Å². The minimum absolute atomic E-state index is 0.0319. The third-order valence-electron chi connectivity index (χ3n) is 6.06. The molecule has 3 heterocycles. The van der Waals surface area contributed by atoms with Gasteiger partial charge < -0.3 is 4.74 Å². The Balaban J connectivity index is 1.51. The van der Waals surface area contributed by atoms with Crippen LogP contribution in [0.5, 0.6) is 5.75 Å². The van der Waals surface area contributed by atoms with Gasteiger partial charge in [-0.25, -0.2) is 5.01 Å². The lowest BCUT2D eigenvalue weighted by Crippen LogP contribution is -2.61. The van der Waals surface area contributed by atoms with Crippen LogP contribution in [-0.4, -0.2) is 21.8 Å². The van der Waals surface area contributed by atoms with Crippen LogP contribution in [-0.2, 0) is 0 Å². The Morgan fingerprint density at radius 3 is 2.62 bits per heavy atom. The number of amides is 1. The van der Waals surface area contributed by atoms with Gasteiger partial charge in [0, 0.05) is 12.0 Å². The standard InChI is InChI=1S/C26H21N3O2S/c1-17-11-13-18(14-12-17)15-24-26(27-25(30)32-24)29-22(20-9-5-6-10-23(20)31-26)16-21(28-29)19-7-3-2-4-8-19/h2-15,22H,16H2,1H3,(H,27,30)/b24-15-/t22-,26+/m0/s1. The molecule has 6 rings (SSSR count). The van der Waals surface area contributed by atoms with Crippen molar-refractivity contribution in [1.29, 1.82) is 0 Å². The Kier molecular flexibility index (Phi) is 4.36. The largest absolute Gasteiger partial charge is 0.444 e. The third kappa shape index (κ3) is 3.02. The van der Waals surface area contributed by atoms with Crippen molar-refractivity contribution in [2.75, 3.05) is 0 Å². The van der Waals surface area contributed by atoms with Gasteiger partial charge in [-0.2, -0.15) is 5.10 Å². The van der Waals surface area contributed by atoms with E-state index in [9.17, 15) is 4.79 Å². The maximum absolute atomic E-state index is 12.7. The zero-order valence-corrected chi connectivity index (χ0v) is 18.3. The van der Waals surface area contributed by atoms with E-state index in [0.29, 0.717) is 0 Å². The summed E-state index contributed by atoms with van der Waals surface area (Å²) in [6.45, 7) is 2.06. The molecule has 0 aromatic heterocycles. The topological polar surface area (TPSA) is 53.9 Å². The number of carbonyl (C=O) groups is 1. The van der Waals surface area contributed by atoms with Gasteiger partial charge in [-0.3, -0.25) is 10.1 Å². The molecule has 0 radical (unpaired) electrons. The van der Waals surface area contributed by atoms with Crippen LogP contribution in [0, 0.1) is 6.92 Å². The molecule has 5 nitrogen and oxygen atoms in total. The van der Waals surface area contributed by atoms with Gasteiger partial charge in [0.2, 0.25) is 0 Å². The minimum Gasteiger partial charge on any atom is -0.444 e. The molecule has 1 spiro atoms. The number of hydrogen-bond donors (Lipinski definition) is 1. The maximum Gasteiger partial charge on any atom is 0.314 e. The first-order valence-corrected chi connectivity index (χ1v) is 11.4. The molecule has 3 aliphatic heterocycles. The Bertz CT molecular complexity index is 1270. The average Bonchev–Trinajstić information content (AvgIpc) is 3.39. The molecular formula is C26H21N3O2S. The number of carbonyl (C=O) groups excluding carboxylic acids is 1. The minimum atomic E-state index is -1.16. The van der Waals surface area contributed by atoms with Crippen molar-refractivity contribution in [1.82, 2.24) is 10.3 Å². The Morgan fingerprint density at radius 2 is 1.81 bits per heavy atom. The Morgan fingerprint density at radius 1 is 1.06 bits per heavy atom. The molecule has 1 fully saturated rings. The van der Waals surface area contributed by atoms with Gasteiger partial charge in [0.05, 0.1) is 16.7 Å². The molecular weight excluding hydrogens is 418 g/mol. The number of para-hydroxylation sites is 1. The molecule has 1 N–H and O–H groups in total. The lowest BCUT2D eigenvalue weighted by molar-refractivity contribution is -0.0949. The molecule has 3 aliphatic rings. The third-order valence-corrected chi connectivity index (χ3v) is 6.96. The van der Waals surface area contributed by atoms with Gasteiger partial charge >= 0.3 is 5.85 Å². The highest BCUT2D eigenvalue weighted by Gasteiger charge is 2.58. The average molecular weight is 440 g/mol. The number of aryl methyl sites for hydroxylation is 1. The van der Waals surface area contributed by atoms with Gasteiger partial charge in [-0.15, -0.1) is 0 Å². The predicted molar refractivity (Wildman–Crippen MR) is 127 cm³/mol. The second-order valence-electron chi connectivity index (χ2n) is 8.19. The van der Waals surface area contributed by atoms with E-state index in [4.69, 9.17) is 9.84 Å². The second kappa shape index (κ2) is 7.28. The summed E-state index contributed by atoms with van der Waals surface area (Å²) in [6.07, 6.45) is 2.76. The zero-order chi connectivity index (χ0) is 21.7. The molecule has 3 aromatic carbocycles. The fraction of sp³-hybridized carbons (Fsp3) is 0.154. The Labute approximate surface area is 190 Å². The summed E-state index contributed by atoms with van der Waals surface area (Å²) < 4.78 is 6.56. The summed E-state index contributed by atoms with van der Waals surface area (Å²) >= 11 is 1.17. The molecule has 0 bridgehead atoms. The highest BCUT2D eigenvalue weighted by Crippen LogP contribution is 2.52. The van der Waals surface area contributed by atoms with Crippen molar-refractivity contribution in [3.8, 4) is 5.75 Å². The summed E-state index contributed by atoms with van der Waals surface area (Å²) in [5.41, 5.74) is 5.34. The van der Waals surface area contributed by atoms with Crippen LogP contribution in [0.2, 0.25) is 0 Å². The molecule has 6 heteroatoms. The van der Waals surface area contributed by atoms with Gasteiger partial charge in [0.15, 0.2) is 0 Å². The summed E-state index contributed by atoms with van der Waals surface area (Å²) in [7, 11) is 0. The number of fused-ring (bicyclic) bond motifs is 4. The van der Waals surface area contributed by atoms with Crippen molar-refractivity contribution in [2.24, 2.45) is 5.10 Å². The lowest BCUT2D eigenvalue weighted by Gasteiger charge is -2.45. The molecule has 0 unspecified atom stereocenters. The highest BCUT2D eigenvalue weighted by atomic mass is 32.2. The van der Waals surface area contributed by atoms with Crippen LogP contribution in [0.4, 0.5) is 4.79 Å². The summed E-state index contributed by atoms with van der Waals surface area (Å²) in [6, 6.07) is 26.4. The van der Waals surface area contributed by atoms with Gasteiger partial charge in [0.25, 0.3) is 5.24 Å². The molecule has 3 aromatic rings. The van der Waals surface area contributed by atoms with Crippen molar-refractivity contribution >= 4 is 28.8 Å². The number of nitrogens with one attached hydrogen (secondary N) is 1. The maximum atomic E-state index is 12.7. The number of hydrogen-bond acceptors (Lipinski definition) is 5. The summed E-state index contributed by atoms with van der Waals surface area (Å²) in [4.78, 5) is 13.5. The highest BCUT2D eigenvalue weighted by molar-refractivity contribution is 8.17.